The van der Waals surface area contributed by atoms with Crippen LogP contribution in [0.3, 0.4) is 0 Å². The molecule has 0 radical (unpaired) electrons. The number of aldehydes is 1. The van der Waals surface area contributed by atoms with Gasteiger partial charge < -0.3 is 9.47 Å². The molecule has 0 N–H and O–H groups in total. The van der Waals surface area contributed by atoms with Gasteiger partial charge in [-0.2, -0.15) is 0 Å². The third-order valence-electron chi connectivity index (χ3n) is 2.64. The van der Waals surface area contributed by atoms with Gasteiger partial charge in [-0.1, -0.05) is 11.6 Å². The second-order valence-corrected chi connectivity index (χ2v) is 4.48. The van der Waals surface area contributed by atoms with E-state index in [2.05, 4.69) is 9.72 Å². The number of rotatable bonds is 5. The molecule has 1 aliphatic carbocycles. The maximum absolute atomic E-state index is 11.4. The quantitative estimate of drug-likeness (QED) is 0.605. The highest BCUT2D eigenvalue weighted by Gasteiger charge is 2.23. The van der Waals surface area contributed by atoms with E-state index in [9.17, 15) is 9.59 Å². The molecule has 0 atom stereocenters. The van der Waals surface area contributed by atoms with Crippen LogP contribution in [0.1, 0.15) is 33.7 Å². The minimum absolute atomic E-state index is 0.0305. The van der Waals surface area contributed by atoms with Crippen molar-refractivity contribution in [3.63, 3.8) is 0 Å². The van der Waals surface area contributed by atoms with Gasteiger partial charge in [-0.05, 0) is 24.8 Å². The highest BCUT2D eigenvalue weighted by molar-refractivity contribution is 6.32. The second kappa shape index (κ2) is 5.35. The molecule has 0 aromatic carbocycles. The first-order valence-corrected chi connectivity index (χ1v) is 5.90. The predicted molar refractivity (Wildman–Crippen MR) is 64.2 cm³/mol. The van der Waals surface area contributed by atoms with Crippen molar-refractivity contribution in [1.29, 1.82) is 0 Å². The molecule has 6 heteroatoms. The van der Waals surface area contributed by atoms with Crippen molar-refractivity contribution >= 4 is 23.9 Å². The van der Waals surface area contributed by atoms with Gasteiger partial charge in [0.2, 0.25) is 5.88 Å². The van der Waals surface area contributed by atoms with E-state index in [0.29, 0.717) is 18.8 Å². The molecule has 18 heavy (non-hydrogen) atoms. The Morgan fingerprint density at radius 2 is 2.33 bits per heavy atom. The Balaban J connectivity index is 2.25. The van der Waals surface area contributed by atoms with E-state index < -0.39 is 5.97 Å². The molecule has 0 amide bonds. The smallest absolute Gasteiger partial charge is 0.340 e. The van der Waals surface area contributed by atoms with E-state index >= 15 is 0 Å². The Morgan fingerprint density at radius 3 is 2.89 bits per heavy atom. The van der Waals surface area contributed by atoms with Crippen molar-refractivity contribution in [3.05, 3.63) is 22.3 Å². The fourth-order valence-electron chi connectivity index (χ4n) is 1.43. The molecule has 1 aromatic rings. The molecule has 96 valence electrons. The lowest BCUT2D eigenvalue weighted by molar-refractivity contribution is 0.0597. The molecule has 0 unspecified atom stereocenters. The van der Waals surface area contributed by atoms with Crippen LogP contribution >= 0.6 is 11.6 Å². The van der Waals surface area contributed by atoms with Crippen LogP contribution < -0.4 is 4.74 Å². The summed E-state index contributed by atoms with van der Waals surface area (Å²) in [5.41, 5.74) is 0.00770. The Labute approximate surface area is 109 Å². The fraction of sp³-hybridized carbons (Fsp3) is 0.417. The van der Waals surface area contributed by atoms with Gasteiger partial charge in [-0.15, -0.1) is 0 Å². The van der Waals surface area contributed by atoms with Crippen LogP contribution in [0, 0.1) is 5.92 Å². The third kappa shape index (κ3) is 2.79. The summed E-state index contributed by atoms with van der Waals surface area (Å²) >= 11 is 5.95. The van der Waals surface area contributed by atoms with Crippen molar-refractivity contribution in [3.8, 4) is 5.88 Å². The molecule has 1 fully saturated rings. The maximum atomic E-state index is 11.4. The zero-order valence-corrected chi connectivity index (χ0v) is 10.6. The van der Waals surface area contributed by atoms with Crippen LogP contribution in [0.4, 0.5) is 0 Å². The summed E-state index contributed by atoms with van der Waals surface area (Å²) in [5, 5.41) is 0.196. The van der Waals surface area contributed by atoms with E-state index in [-0.39, 0.29) is 22.2 Å². The monoisotopic (exact) mass is 269 g/mol. The van der Waals surface area contributed by atoms with Gasteiger partial charge in [0.05, 0.1) is 19.3 Å². The summed E-state index contributed by atoms with van der Waals surface area (Å²) in [6.45, 7) is 0.530. The molecule has 1 aliphatic rings. The summed E-state index contributed by atoms with van der Waals surface area (Å²) in [7, 11) is 1.22. The van der Waals surface area contributed by atoms with Gasteiger partial charge in [-0.25, -0.2) is 9.78 Å². The molecular formula is C12H12ClNO4. The average molecular weight is 270 g/mol. The number of carbonyl (C=O) groups excluding carboxylic acids is 2. The summed E-state index contributed by atoms with van der Waals surface area (Å²) < 4.78 is 9.96. The minimum atomic E-state index is -0.653. The summed E-state index contributed by atoms with van der Waals surface area (Å²) in [6.07, 6.45) is 2.75. The number of ether oxygens (including phenoxy) is 2. The largest absolute Gasteiger partial charge is 0.476 e. The number of nitrogens with zero attached hydrogens (tertiary/aromatic N) is 1. The maximum Gasteiger partial charge on any atom is 0.340 e. The first-order valence-electron chi connectivity index (χ1n) is 5.52. The molecule has 1 aromatic heterocycles. The number of halogens is 1. The first kappa shape index (κ1) is 12.8. The SMILES string of the molecule is COC(=O)c1cc(Cl)c(OCC2CC2)nc1C=O. The topological polar surface area (TPSA) is 65.5 Å². The van der Waals surface area contributed by atoms with Crippen LogP contribution in [0.15, 0.2) is 6.07 Å². The lowest BCUT2D eigenvalue weighted by atomic mass is 10.2. The summed E-state index contributed by atoms with van der Waals surface area (Å²) in [4.78, 5) is 26.2. The number of pyridine rings is 1. The molecule has 5 nitrogen and oxygen atoms in total. The fourth-order valence-corrected chi connectivity index (χ4v) is 1.64. The third-order valence-corrected chi connectivity index (χ3v) is 2.91. The van der Waals surface area contributed by atoms with E-state index in [0.717, 1.165) is 12.8 Å². The van der Waals surface area contributed by atoms with Gasteiger partial charge >= 0.3 is 5.97 Å². The van der Waals surface area contributed by atoms with Gasteiger partial charge in [0, 0.05) is 0 Å². The predicted octanol–water partition coefficient (Wildman–Crippen LogP) is 2.12. The molecule has 0 spiro atoms. The van der Waals surface area contributed by atoms with Crippen LogP contribution in [0.2, 0.25) is 5.02 Å². The van der Waals surface area contributed by atoms with Crippen LogP contribution in [0.5, 0.6) is 5.88 Å². The van der Waals surface area contributed by atoms with Crippen LogP contribution in [-0.4, -0.2) is 31.0 Å². The Kier molecular flexibility index (Phi) is 3.81. The number of hydrogen-bond acceptors (Lipinski definition) is 5. The van der Waals surface area contributed by atoms with E-state index in [4.69, 9.17) is 16.3 Å². The molecule has 0 saturated heterocycles. The second-order valence-electron chi connectivity index (χ2n) is 4.07. The average Bonchev–Trinajstić information content (AvgIpc) is 3.20. The van der Waals surface area contributed by atoms with Gasteiger partial charge in [0.1, 0.15) is 10.7 Å². The zero-order valence-electron chi connectivity index (χ0n) is 9.81. The van der Waals surface area contributed by atoms with Crippen molar-refractivity contribution in [2.45, 2.75) is 12.8 Å². The Hall–Kier alpha value is -1.62. The molecule has 2 rings (SSSR count). The number of methoxy groups -OCH3 is 1. The van der Waals surface area contributed by atoms with Crippen LogP contribution in [0.25, 0.3) is 0 Å². The standard InChI is InChI=1S/C12H12ClNO4/c1-17-12(16)8-4-9(13)11(14-10(8)5-15)18-6-7-2-3-7/h4-5,7H,2-3,6H2,1H3. The van der Waals surface area contributed by atoms with Gasteiger partial charge in [-0.3, -0.25) is 4.79 Å². The Bertz CT molecular complexity index is 485. The molecule has 1 saturated carbocycles. The van der Waals surface area contributed by atoms with Crippen molar-refractivity contribution in [1.82, 2.24) is 4.98 Å². The molecular weight excluding hydrogens is 258 g/mol. The molecule has 0 bridgehead atoms. The zero-order chi connectivity index (χ0) is 13.1. The van der Waals surface area contributed by atoms with Crippen molar-refractivity contribution in [2.75, 3.05) is 13.7 Å². The molecule has 1 heterocycles. The Morgan fingerprint density at radius 1 is 1.61 bits per heavy atom. The van der Waals surface area contributed by atoms with E-state index in [1.54, 1.807) is 0 Å². The number of carbonyl (C=O) groups is 2. The van der Waals surface area contributed by atoms with Crippen molar-refractivity contribution < 1.29 is 19.1 Å². The van der Waals surface area contributed by atoms with Crippen molar-refractivity contribution in [2.24, 2.45) is 5.92 Å². The van der Waals surface area contributed by atoms with Gasteiger partial charge in [0.15, 0.2) is 6.29 Å². The first-order chi connectivity index (χ1) is 8.65. The normalized spacial score (nSPS) is 14.1. The van der Waals surface area contributed by atoms with Crippen LogP contribution in [-0.2, 0) is 4.74 Å². The van der Waals surface area contributed by atoms with Gasteiger partial charge in [0.25, 0.3) is 0 Å². The van der Waals surface area contributed by atoms with E-state index in [1.807, 2.05) is 0 Å². The molecule has 0 aliphatic heterocycles. The summed E-state index contributed by atoms with van der Waals surface area (Å²) in [5.74, 6) is 0.0707. The number of esters is 1. The van der Waals surface area contributed by atoms with E-state index in [1.165, 1.54) is 13.2 Å². The minimum Gasteiger partial charge on any atom is -0.476 e. The number of hydrogen-bond donors (Lipinski definition) is 0. The summed E-state index contributed by atoms with van der Waals surface area (Å²) in [6, 6.07) is 1.34. The number of aromatic nitrogens is 1. The lowest BCUT2D eigenvalue weighted by Crippen LogP contribution is -2.10. The lowest BCUT2D eigenvalue weighted by Gasteiger charge is -2.09. The highest BCUT2D eigenvalue weighted by Crippen LogP contribution is 2.31. The highest BCUT2D eigenvalue weighted by atomic mass is 35.5.